The van der Waals surface area contributed by atoms with E-state index in [1.807, 2.05) is 37.3 Å². The van der Waals surface area contributed by atoms with E-state index < -0.39 is 5.97 Å². The first-order valence-corrected chi connectivity index (χ1v) is 7.01. The number of hydrogen-bond donors (Lipinski definition) is 1. The maximum Gasteiger partial charge on any atom is 0.355 e. The van der Waals surface area contributed by atoms with Crippen LogP contribution in [0.3, 0.4) is 0 Å². The molecule has 0 atom stereocenters. The molecular weight excluding hydrogens is 276 g/mol. The second kappa shape index (κ2) is 6.29. The third-order valence-corrected chi connectivity index (χ3v) is 3.62. The molecule has 0 saturated heterocycles. The molecule has 0 aliphatic carbocycles. The van der Waals surface area contributed by atoms with Gasteiger partial charge in [0.15, 0.2) is 10.7 Å². The van der Waals surface area contributed by atoms with Crippen LogP contribution >= 0.6 is 11.3 Å². The van der Waals surface area contributed by atoms with E-state index in [4.69, 9.17) is 5.11 Å². The van der Waals surface area contributed by atoms with Crippen molar-refractivity contribution in [3.8, 4) is 0 Å². The summed E-state index contributed by atoms with van der Waals surface area (Å²) in [5, 5.41) is 10.4. The van der Waals surface area contributed by atoms with Gasteiger partial charge in [-0.25, -0.2) is 9.78 Å². The van der Waals surface area contributed by atoms with Gasteiger partial charge in [0.2, 0.25) is 0 Å². The number of hydrogen-bond acceptors (Lipinski definition) is 4. The number of carboxylic acids is 1. The molecule has 0 radical (unpaired) electrons. The minimum absolute atomic E-state index is 0.0888. The molecule has 20 heavy (non-hydrogen) atoms. The summed E-state index contributed by atoms with van der Waals surface area (Å²) in [5.74, 6) is -1.36. The predicted octanol–water partition coefficient (Wildman–Crippen LogP) is 2.50. The van der Waals surface area contributed by atoms with Gasteiger partial charge in [0, 0.05) is 18.5 Å². The molecule has 1 aromatic heterocycles. The molecule has 0 aliphatic rings. The van der Waals surface area contributed by atoms with Crippen molar-refractivity contribution in [3.05, 3.63) is 52.0 Å². The Balaban J connectivity index is 2.14. The third kappa shape index (κ3) is 3.21. The zero-order valence-corrected chi connectivity index (χ0v) is 11.8. The van der Waals surface area contributed by atoms with Crippen molar-refractivity contribution in [2.75, 3.05) is 6.54 Å². The van der Waals surface area contributed by atoms with Crippen molar-refractivity contribution in [1.82, 2.24) is 9.88 Å². The van der Waals surface area contributed by atoms with Crippen LogP contribution in [0.15, 0.2) is 35.7 Å². The summed E-state index contributed by atoms with van der Waals surface area (Å²) in [5.41, 5.74) is 0.937. The maximum atomic E-state index is 12.3. The summed E-state index contributed by atoms with van der Waals surface area (Å²) >= 11 is 1.06. The minimum Gasteiger partial charge on any atom is -0.476 e. The van der Waals surface area contributed by atoms with Gasteiger partial charge < -0.3 is 10.0 Å². The second-order valence-corrected chi connectivity index (χ2v) is 5.01. The molecule has 1 heterocycles. The average Bonchev–Trinajstić information content (AvgIpc) is 2.95. The zero-order valence-electron chi connectivity index (χ0n) is 10.9. The molecule has 0 fully saturated rings. The van der Waals surface area contributed by atoms with E-state index in [2.05, 4.69) is 4.98 Å². The SMILES string of the molecule is CCN(Cc1ccccc1)C(=O)c1nc(C(=O)O)cs1. The highest BCUT2D eigenvalue weighted by Gasteiger charge is 2.19. The number of aromatic nitrogens is 1. The smallest absolute Gasteiger partial charge is 0.355 e. The number of nitrogens with zero attached hydrogens (tertiary/aromatic N) is 2. The Morgan fingerprint density at radius 3 is 2.55 bits per heavy atom. The highest BCUT2D eigenvalue weighted by molar-refractivity contribution is 7.11. The van der Waals surface area contributed by atoms with Gasteiger partial charge >= 0.3 is 5.97 Å². The van der Waals surface area contributed by atoms with E-state index in [9.17, 15) is 9.59 Å². The van der Waals surface area contributed by atoms with Gasteiger partial charge in [-0.2, -0.15) is 0 Å². The lowest BCUT2D eigenvalue weighted by Crippen LogP contribution is -2.30. The van der Waals surface area contributed by atoms with Crippen LogP contribution < -0.4 is 0 Å². The molecule has 2 rings (SSSR count). The Labute approximate surface area is 120 Å². The van der Waals surface area contributed by atoms with Gasteiger partial charge in [-0.15, -0.1) is 11.3 Å². The summed E-state index contributed by atoms with van der Waals surface area (Å²) < 4.78 is 0. The Bertz CT molecular complexity index is 610. The number of aromatic carboxylic acids is 1. The van der Waals surface area contributed by atoms with E-state index >= 15 is 0 Å². The van der Waals surface area contributed by atoms with E-state index in [0.717, 1.165) is 16.9 Å². The van der Waals surface area contributed by atoms with E-state index in [0.29, 0.717) is 13.1 Å². The lowest BCUT2D eigenvalue weighted by atomic mass is 10.2. The second-order valence-electron chi connectivity index (χ2n) is 4.15. The highest BCUT2D eigenvalue weighted by atomic mass is 32.1. The monoisotopic (exact) mass is 290 g/mol. The van der Waals surface area contributed by atoms with Crippen molar-refractivity contribution < 1.29 is 14.7 Å². The largest absolute Gasteiger partial charge is 0.476 e. The van der Waals surface area contributed by atoms with Crippen LogP contribution in [-0.2, 0) is 6.54 Å². The molecule has 0 saturated carbocycles. The molecule has 104 valence electrons. The molecule has 0 unspecified atom stereocenters. The zero-order chi connectivity index (χ0) is 14.5. The molecule has 1 amide bonds. The van der Waals surface area contributed by atoms with Crippen LogP contribution in [0.4, 0.5) is 0 Å². The normalized spacial score (nSPS) is 10.2. The summed E-state index contributed by atoms with van der Waals surface area (Å²) in [6.07, 6.45) is 0. The van der Waals surface area contributed by atoms with Crippen LogP contribution in [0.5, 0.6) is 0 Å². The average molecular weight is 290 g/mol. The van der Waals surface area contributed by atoms with Crippen molar-refractivity contribution >= 4 is 23.2 Å². The number of amides is 1. The van der Waals surface area contributed by atoms with Crippen LogP contribution in [0.2, 0.25) is 0 Å². The third-order valence-electron chi connectivity index (χ3n) is 2.79. The first kappa shape index (κ1) is 14.2. The molecular formula is C14H14N2O3S. The topological polar surface area (TPSA) is 70.5 Å². The Kier molecular flexibility index (Phi) is 4.47. The van der Waals surface area contributed by atoms with Crippen molar-refractivity contribution in [2.24, 2.45) is 0 Å². The van der Waals surface area contributed by atoms with E-state index in [1.165, 1.54) is 5.38 Å². The molecule has 0 aliphatic heterocycles. The quantitative estimate of drug-likeness (QED) is 0.918. The fourth-order valence-corrected chi connectivity index (χ4v) is 2.49. The predicted molar refractivity (Wildman–Crippen MR) is 75.9 cm³/mol. The van der Waals surface area contributed by atoms with Crippen LogP contribution in [0.1, 0.15) is 32.8 Å². The highest BCUT2D eigenvalue weighted by Crippen LogP contribution is 2.14. The Hall–Kier alpha value is -2.21. The van der Waals surface area contributed by atoms with Gasteiger partial charge in [-0.1, -0.05) is 30.3 Å². The molecule has 6 heteroatoms. The Morgan fingerprint density at radius 1 is 1.30 bits per heavy atom. The Morgan fingerprint density at radius 2 is 2.00 bits per heavy atom. The molecule has 2 aromatic rings. The first-order valence-electron chi connectivity index (χ1n) is 6.13. The first-order chi connectivity index (χ1) is 9.61. The summed E-state index contributed by atoms with van der Waals surface area (Å²) in [4.78, 5) is 28.6. The number of carboxylic acid groups (broad SMARTS) is 1. The van der Waals surface area contributed by atoms with Gasteiger partial charge in [-0.3, -0.25) is 4.79 Å². The van der Waals surface area contributed by atoms with Crippen molar-refractivity contribution in [3.63, 3.8) is 0 Å². The molecule has 1 N–H and O–H groups in total. The summed E-state index contributed by atoms with van der Waals surface area (Å²) in [7, 11) is 0. The number of thiazole rings is 1. The number of carbonyl (C=O) groups excluding carboxylic acids is 1. The standard InChI is InChI=1S/C14H14N2O3S/c1-2-16(8-10-6-4-3-5-7-10)13(17)12-15-11(9-20-12)14(18)19/h3-7,9H,2,8H2,1H3,(H,18,19). The van der Waals surface area contributed by atoms with Crippen molar-refractivity contribution in [1.29, 1.82) is 0 Å². The summed E-state index contributed by atoms with van der Waals surface area (Å²) in [6.45, 7) is 2.90. The van der Waals surface area contributed by atoms with Gasteiger partial charge in [0.25, 0.3) is 5.91 Å². The van der Waals surface area contributed by atoms with Crippen molar-refractivity contribution in [2.45, 2.75) is 13.5 Å². The van der Waals surface area contributed by atoms with Crippen LogP contribution in [0.25, 0.3) is 0 Å². The molecule has 0 spiro atoms. The summed E-state index contributed by atoms with van der Waals surface area (Å²) in [6, 6.07) is 9.64. The maximum absolute atomic E-state index is 12.3. The fourth-order valence-electron chi connectivity index (χ4n) is 1.74. The van der Waals surface area contributed by atoms with E-state index in [-0.39, 0.29) is 16.6 Å². The van der Waals surface area contributed by atoms with Crippen LogP contribution in [0, 0.1) is 0 Å². The van der Waals surface area contributed by atoms with Crippen LogP contribution in [-0.4, -0.2) is 33.4 Å². The van der Waals surface area contributed by atoms with Gasteiger partial charge in [-0.05, 0) is 12.5 Å². The number of carbonyl (C=O) groups is 2. The molecule has 5 nitrogen and oxygen atoms in total. The molecule has 1 aromatic carbocycles. The molecule has 0 bridgehead atoms. The van der Waals surface area contributed by atoms with Gasteiger partial charge in [0.1, 0.15) is 0 Å². The lowest BCUT2D eigenvalue weighted by Gasteiger charge is -2.19. The number of rotatable bonds is 5. The van der Waals surface area contributed by atoms with E-state index in [1.54, 1.807) is 4.90 Å². The number of benzene rings is 1. The van der Waals surface area contributed by atoms with Gasteiger partial charge in [0.05, 0.1) is 0 Å². The lowest BCUT2D eigenvalue weighted by molar-refractivity contribution is 0.0691. The fraction of sp³-hybridized carbons (Fsp3) is 0.214. The minimum atomic E-state index is -1.12.